The quantitative estimate of drug-likeness (QED) is 0.791. The number of hydrogen-bond acceptors (Lipinski definition) is 6. The third-order valence-corrected chi connectivity index (χ3v) is 3.77. The number of methoxy groups -OCH3 is 1. The standard InChI is InChI=1S/C14H21F2N3O4/c1-9-4-5-19(13(21)17-9)12-14(15,16)11(20)10(23-12)8-18(2)6-7-22-3/h4-5,10-12,20H,6-8H2,1-3H3/t10-,11-,12-/m1/s1. The molecular weight excluding hydrogens is 312 g/mol. The van der Waals surface area contributed by atoms with Crippen LogP contribution < -0.4 is 5.69 Å². The molecule has 130 valence electrons. The topological polar surface area (TPSA) is 76.8 Å². The SMILES string of the molecule is COCCN(C)C[C@H]1O[C@@H](n2ccc(C)nc2=O)C(F)(F)[C@@H]1O. The molecule has 1 aliphatic heterocycles. The zero-order chi connectivity index (χ0) is 17.2. The number of ether oxygens (including phenoxy) is 2. The summed E-state index contributed by atoms with van der Waals surface area (Å²) in [6, 6.07) is 1.44. The van der Waals surface area contributed by atoms with E-state index in [9.17, 15) is 18.7 Å². The molecule has 0 aliphatic carbocycles. The molecule has 0 bridgehead atoms. The second-order valence-electron chi connectivity index (χ2n) is 5.66. The molecule has 0 spiro atoms. The molecule has 0 unspecified atom stereocenters. The number of nitrogens with zero attached hydrogens (tertiary/aromatic N) is 3. The van der Waals surface area contributed by atoms with Crippen molar-refractivity contribution >= 4 is 0 Å². The van der Waals surface area contributed by atoms with Gasteiger partial charge in [-0.25, -0.2) is 4.79 Å². The highest BCUT2D eigenvalue weighted by atomic mass is 19.3. The number of aliphatic hydroxyl groups excluding tert-OH is 1. The van der Waals surface area contributed by atoms with Crippen LogP contribution in [0.3, 0.4) is 0 Å². The Hall–Kier alpha value is -1.42. The lowest BCUT2D eigenvalue weighted by Gasteiger charge is -2.22. The van der Waals surface area contributed by atoms with E-state index in [0.29, 0.717) is 23.4 Å². The fourth-order valence-corrected chi connectivity index (χ4v) is 2.44. The molecule has 7 nitrogen and oxygen atoms in total. The van der Waals surface area contributed by atoms with E-state index in [1.54, 1.807) is 18.9 Å². The van der Waals surface area contributed by atoms with E-state index < -0.39 is 30.0 Å². The largest absolute Gasteiger partial charge is 0.384 e. The first-order valence-corrected chi connectivity index (χ1v) is 7.22. The van der Waals surface area contributed by atoms with E-state index in [1.807, 2.05) is 0 Å². The summed E-state index contributed by atoms with van der Waals surface area (Å²) in [5.41, 5.74) is -0.417. The second kappa shape index (κ2) is 7.00. The van der Waals surface area contributed by atoms with Gasteiger partial charge in [-0.15, -0.1) is 0 Å². The predicted molar refractivity (Wildman–Crippen MR) is 77.5 cm³/mol. The van der Waals surface area contributed by atoms with E-state index in [1.165, 1.54) is 19.4 Å². The van der Waals surface area contributed by atoms with Crippen LogP contribution in [0.4, 0.5) is 8.78 Å². The van der Waals surface area contributed by atoms with Gasteiger partial charge in [0.2, 0.25) is 6.23 Å². The van der Waals surface area contributed by atoms with Gasteiger partial charge in [-0.05, 0) is 20.0 Å². The predicted octanol–water partition coefficient (Wildman–Crippen LogP) is 0.0235. The molecule has 1 fully saturated rings. The molecule has 9 heteroatoms. The van der Waals surface area contributed by atoms with Gasteiger partial charge in [0.05, 0.1) is 6.61 Å². The molecule has 2 rings (SSSR count). The van der Waals surface area contributed by atoms with Crippen molar-refractivity contribution in [1.82, 2.24) is 14.5 Å². The van der Waals surface area contributed by atoms with Crippen LogP contribution in [0.25, 0.3) is 0 Å². The second-order valence-corrected chi connectivity index (χ2v) is 5.66. The van der Waals surface area contributed by atoms with E-state index in [-0.39, 0.29) is 6.54 Å². The van der Waals surface area contributed by atoms with Crippen molar-refractivity contribution in [3.05, 3.63) is 28.4 Å². The fourth-order valence-electron chi connectivity index (χ4n) is 2.44. The molecule has 0 saturated carbocycles. The van der Waals surface area contributed by atoms with E-state index in [2.05, 4.69) is 4.98 Å². The summed E-state index contributed by atoms with van der Waals surface area (Å²) >= 11 is 0. The summed E-state index contributed by atoms with van der Waals surface area (Å²) in [7, 11) is 3.25. The van der Waals surface area contributed by atoms with Crippen molar-refractivity contribution in [3.63, 3.8) is 0 Å². The van der Waals surface area contributed by atoms with Crippen molar-refractivity contribution in [2.75, 3.05) is 33.9 Å². The Balaban J connectivity index is 2.18. The van der Waals surface area contributed by atoms with Gasteiger partial charge in [0.15, 0.2) is 0 Å². The van der Waals surface area contributed by atoms with Gasteiger partial charge in [-0.1, -0.05) is 0 Å². The number of aromatic nitrogens is 2. The smallest absolute Gasteiger partial charge is 0.350 e. The van der Waals surface area contributed by atoms with Gasteiger partial charge in [0.1, 0.15) is 12.2 Å². The monoisotopic (exact) mass is 333 g/mol. The third kappa shape index (κ3) is 3.74. The molecule has 2 heterocycles. The molecule has 0 radical (unpaired) electrons. The van der Waals surface area contributed by atoms with E-state index >= 15 is 0 Å². The van der Waals surface area contributed by atoms with Crippen LogP contribution in [0, 0.1) is 6.92 Å². The van der Waals surface area contributed by atoms with Crippen LogP contribution in [0.2, 0.25) is 0 Å². The maximum Gasteiger partial charge on any atom is 0.350 e. The summed E-state index contributed by atoms with van der Waals surface area (Å²) in [6.07, 6.45) is -3.80. The molecule has 1 N–H and O–H groups in total. The number of rotatable bonds is 6. The molecule has 0 amide bonds. The van der Waals surface area contributed by atoms with Crippen LogP contribution in [0.5, 0.6) is 0 Å². The Morgan fingerprint density at radius 3 is 2.87 bits per heavy atom. The lowest BCUT2D eigenvalue weighted by molar-refractivity contribution is -0.140. The van der Waals surface area contributed by atoms with Crippen LogP contribution in [-0.2, 0) is 9.47 Å². The van der Waals surface area contributed by atoms with Crippen molar-refractivity contribution in [1.29, 1.82) is 0 Å². The first-order valence-electron chi connectivity index (χ1n) is 7.22. The zero-order valence-electron chi connectivity index (χ0n) is 13.3. The van der Waals surface area contributed by atoms with E-state index in [0.717, 1.165) is 0 Å². The summed E-state index contributed by atoms with van der Waals surface area (Å²) in [6.45, 7) is 2.61. The van der Waals surface area contributed by atoms with Gasteiger partial charge in [-0.3, -0.25) is 4.57 Å². The van der Waals surface area contributed by atoms with Gasteiger partial charge >= 0.3 is 11.6 Å². The highest BCUT2D eigenvalue weighted by Crippen LogP contribution is 2.42. The maximum atomic E-state index is 14.3. The van der Waals surface area contributed by atoms with Crippen molar-refractivity contribution in [2.45, 2.75) is 31.3 Å². The lowest BCUT2D eigenvalue weighted by atomic mass is 10.1. The number of aryl methyl sites for hydroxylation is 1. The minimum absolute atomic E-state index is 0.0880. The molecule has 1 aliphatic rings. The minimum atomic E-state index is -3.59. The summed E-state index contributed by atoms with van der Waals surface area (Å²) in [5, 5.41) is 9.90. The average Bonchev–Trinajstić information content (AvgIpc) is 2.69. The van der Waals surface area contributed by atoms with Crippen molar-refractivity contribution < 1.29 is 23.4 Å². The van der Waals surface area contributed by atoms with Gasteiger partial charge in [0.25, 0.3) is 0 Å². The number of likely N-dealkylation sites (N-methyl/N-ethyl adjacent to an activating group) is 1. The van der Waals surface area contributed by atoms with Crippen LogP contribution in [-0.4, -0.2) is 71.5 Å². The molecule has 3 atom stereocenters. The number of aliphatic hydroxyl groups is 1. The highest BCUT2D eigenvalue weighted by Gasteiger charge is 2.59. The zero-order valence-corrected chi connectivity index (χ0v) is 13.3. The fraction of sp³-hybridized carbons (Fsp3) is 0.714. The van der Waals surface area contributed by atoms with Crippen molar-refractivity contribution in [2.24, 2.45) is 0 Å². The minimum Gasteiger partial charge on any atom is -0.384 e. The summed E-state index contributed by atoms with van der Waals surface area (Å²) in [5.74, 6) is -3.59. The van der Waals surface area contributed by atoms with Gasteiger partial charge in [0, 0.05) is 32.1 Å². The number of hydrogen-bond donors (Lipinski definition) is 1. The molecule has 1 aromatic rings. The number of halogens is 2. The molecule has 23 heavy (non-hydrogen) atoms. The Morgan fingerprint density at radius 1 is 1.57 bits per heavy atom. The van der Waals surface area contributed by atoms with Gasteiger partial charge < -0.3 is 19.5 Å². The Labute approximate surface area is 132 Å². The highest BCUT2D eigenvalue weighted by molar-refractivity contribution is 5.01. The molecule has 1 aromatic heterocycles. The Kier molecular flexibility index (Phi) is 5.45. The summed E-state index contributed by atoms with van der Waals surface area (Å²) in [4.78, 5) is 17.2. The molecule has 1 saturated heterocycles. The first-order chi connectivity index (χ1) is 10.8. The average molecular weight is 333 g/mol. The van der Waals surface area contributed by atoms with Crippen LogP contribution in [0.1, 0.15) is 11.9 Å². The molecular formula is C14H21F2N3O4. The normalized spacial score (nSPS) is 26.8. The third-order valence-electron chi connectivity index (χ3n) is 3.77. The Morgan fingerprint density at radius 2 is 2.26 bits per heavy atom. The molecule has 0 aromatic carbocycles. The van der Waals surface area contributed by atoms with Crippen molar-refractivity contribution in [3.8, 4) is 0 Å². The summed E-state index contributed by atoms with van der Waals surface area (Å²) < 4.78 is 39.5. The number of alkyl halides is 2. The van der Waals surface area contributed by atoms with Crippen LogP contribution >= 0.6 is 0 Å². The van der Waals surface area contributed by atoms with E-state index in [4.69, 9.17) is 9.47 Å². The maximum absolute atomic E-state index is 14.3. The lowest BCUT2D eigenvalue weighted by Crippen LogP contribution is -2.43. The van der Waals surface area contributed by atoms with Gasteiger partial charge in [-0.2, -0.15) is 13.8 Å². The first kappa shape index (κ1) is 17.9. The Bertz CT molecular complexity index is 596. The van der Waals surface area contributed by atoms with Crippen LogP contribution in [0.15, 0.2) is 17.1 Å².